The molecule has 0 heterocycles. The summed E-state index contributed by atoms with van der Waals surface area (Å²) in [5, 5.41) is 14.7. The number of aliphatic carboxylic acids is 1. The molecule has 0 aromatic rings. The second-order valence-corrected chi connectivity index (χ2v) is 6.61. The first-order valence-corrected chi connectivity index (χ1v) is 8.88. The quantitative estimate of drug-likeness (QED) is 0.550. The van der Waals surface area contributed by atoms with Crippen LogP contribution in [0, 0.1) is 5.92 Å². The van der Waals surface area contributed by atoms with Crippen molar-refractivity contribution in [1.29, 1.82) is 0 Å². The Morgan fingerprint density at radius 1 is 1.12 bits per heavy atom. The number of nitrogens with one attached hydrogen (secondary N) is 2. The maximum atomic E-state index is 12.1. The Morgan fingerprint density at radius 2 is 1.79 bits per heavy atom. The summed E-state index contributed by atoms with van der Waals surface area (Å²) in [6.07, 6.45) is 7.37. The monoisotopic (exact) mass is 341 g/mol. The highest BCUT2D eigenvalue weighted by molar-refractivity contribution is 5.79. The number of amides is 2. The van der Waals surface area contributed by atoms with Crippen LogP contribution in [0.3, 0.4) is 0 Å². The van der Waals surface area contributed by atoms with Gasteiger partial charge in [0.25, 0.3) is 0 Å². The van der Waals surface area contributed by atoms with Gasteiger partial charge in [0.1, 0.15) is 6.04 Å². The van der Waals surface area contributed by atoms with Gasteiger partial charge in [0, 0.05) is 26.6 Å². The predicted molar refractivity (Wildman–Crippen MR) is 91.6 cm³/mol. The van der Waals surface area contributed by atoms with Crippen LogP contribution in [0.4, 0.5) is 0 Å². The molecule has 1 aliphatic rings. The summed E-state index contributed by atoms with van der Waals surface area (Å²) in [7, 11) is 0. The molecule has 1 aliphatic carbocycles. The van der Waals surface area contributed by atoms with E-state index in [9.17, 15) is 14.4 Å². The van der Waals surface area contributed by atoms with Gasteiger partial charge in [-0.2, -0.15) is 0 Å². The third-order valence-electron chi connectivity index (χ3n) is 4.62. The molecule has 24 heavy (non-hydrogen) atoms. The van der Waals surface area contributed by atoms with E-state index in [0.29, 0.717) is 25.6 Å². The maximum Gasteiger partial charge on any atom is 0.320 e. The largest absolute Gasteiger partial charge is 0.480 e. The van der Waals surface area contributed by atoms with Crippen LogP contribution in [0.1, 0.15) is 52.4 Å². The molecule has 138 valence electrons. The van der Waals surface area contributed by atoms with Crippen molar-refractivity contribution in [2.24, 2.45) is 5.92 Å². The van der Waals surface area contributed by atoms with E-state index in [2.05, 4.69) is 10.6 Å². The molecule has 3 N–H and O–H groups in total. The first kappa shape index (κ1) is 20.4. The summed E-state index contributed by atoms with van der Waals surface area (Å²) in [5.41, 5.74) is 0. The van der Waals surface area contributed by atoms with E-state index >= 15 is 0 Å². The van der Waals surface area contributed by atoms with Crippen molar-refractivity contribution >= 4 is 17.8 Å². The van der Waals surface area contributed by atoms with E-state index in [1.807, 2.05) is 0 Å². The van der Waals surface area contributed by atoms with Gasteiger partial charge in [-0.25, -0.2) is 0 Å². The Bertz CT molecular complexity index is 422. The van der Waals surface area contributed by atoms with Crippen molar-refractivity contribution in [2.45, 2.75) is 58.4 Å². The third kappa shape index (κ3) is 8.29. The molecule has 0 aromatic carbocycles. The fourth-order valence-corrected chi connectivity index (χ4v) is 3.07. The smallest absolute Gasteiger partial charge is 0.320 e. The summed E-state index contributed by atoms with van der Waals surface area (Å²) in [5.74, 6) is -0.614. The molecule has 2 amide bonds. The molecule has 0 bridgehead atoms. The summed E-state index contributed by atoms with van der Waals surface area (Å²) < 4.78 is 0. The van der Waals surface area contributed by atoms with E-state index in [-0.39, 0.29) is 18.4 Å². The van der Waals surface area contributed by atoms with Crippen LogP contribution < -0.4 is 10.6 Å². The van der Waals surface area contributed by atoms with Gasteiger partial charge in [0.15, 0.2) is 0 Å². The first-order chi connectivity index (χ1) is 11.4. The van der Waals surface area contributed by atoms with Gasteiger partial charge in [0.2, 0.25) is 11.8 Å². The number of hydrogen-bond donors (Lipinski definition) is 3. The Labute approximate surface area is 144 Å². The maximum absolute atomic E-state index is 12.1. The average Bonchev–Trinajstić information content (AvgIpc) is 2.53. The molecule has 0 aromatic heterocycles. The van der Waals surface area contributed by atoms with Gasteiger partial charge in [-0.05, 0) is 19.3 Å². The van der Waals surface area contributed by atoms with Gasteiger partial charge in [-0.1, -0.05) is 32.1 Å². The Morgan fingerprint density at radius 3 is 2.38 bits per heavy atom. The number of carboxylic acids is 1. The molecule has 7 nitrogen and oxygen atoms in total. The van der Waals surface area contributed by atoms with Crippen molar-refractivity contribution in [2.75, 3.05) is 26.2 Å². The molecule has 1 rings (SSSR count). The Kier molecular flexibility index (Phi) is 9.37. The van der Waals surface area contributed by atoms with E-state index < -0.39 is 12.0 Å². The number of carbonyl (C=O) groups excluding carboxylic acids is 2. The molecule has 0 aliphatic heterocycles. The number of carboxylic acid groups (broad SMARTS) is 1. The fourth-order valence-electron chi connectivity index (χ4n) is 3.07. The third-order valence-corrected chi connectivity index (χ3v) is 4.62. The summed E-state index contributed by atoms with van der Waals surface area (Å²) in [6.45, 7) is 4.27. The standard InChI is InChI=1S/C17H31N3O4/c1-13(17(23)24)20(11-10-18-14(2)21)12-16(22)19-9-8-15-6-4-3-5-7-15/h13,15H,3-12H2,1-2H3,(H,18,21)(H,19,22)(H,23,24). The van der Waals surface area contributed by atoms with Gasteiger partial charge in [0.05, 0.1) is 6.54 Å². The van der Waals surface area contributed by atoms with Gasteiger partial charge in [-0.15, -0.1) is 0 Å². The average molecular weight is 341 g/mol. The van der Waals surface area contributed by atoms with Crippen LogP contribution in [0.25, 0.3) is 0 Å². The van der Waals surface area contributed by atoms with Gasteiger partial charge in [-0.3, -0.25) is 19.3 Å². The van der Waals surface area contributed by atoms with Crippen LogP contribution >= 0.6 is 0 Å². The highest BCUT2D eigenvalue weighted by Gasteiger charge is 2.22. The summed E-state index contributed by atoms with van der Waals surface area (Å²) in [4.78, 5) is 35.7. The number of carbonyl (C=O) groups is 3. The van der Waals surface area contributed by atoms with Crippen LogP contribution in [0.5, 0.6) is 0 Å². The lowest BCUT2D eigenvalue weighted by atomic mass is 9.87. The molecule has 7 heteroatoms. The minimum atomic E-state index is -0.979. The zero-order valence-corrected chi connectivity index (χ0v) is 14.8. The predicted octanol–water partition coefficient (Wildman–Crippen LogP) is 0.984. The molecule has 1 atom stereocenters. The van der Waals surface area contributed by atoms with Crippen LogP contribution in [-0.4, -0.2) is 60.0 Å². The highest BCUT2D eigenvalue weighted by atomic mass is 16.4. The fraction of sp³-hybridized carbons (Fsp3) is 0.824. The lowest BCUT2D eigenvalue weighted by Crippen LogP contribution is -2.48. The molecule has 1 unspecified atom stereocenters. The normalized spacial score (nSPS) is 16.6. The van der Waals surface area contributed by atoms with Gasteiger partial charge >= 0.3 is 5.97 Å². The van der Waals surface area contributed by atoms with Crippen molar-refractivity contribution < 1.29 is 19.5 Å². The second kappa shape index (κ2) is 11.0. The molecule has 1 fully saturated rings. The zero-order chi connectivity index (χ0) is 17.9. The van der Waals surface area contributed by atoms with E-state index in [4.69, 9.17) is 5.11 Å². The lowest BCUT2D eigenvalue weighted by molar-refractivity contribution is -0.143. The van der Waals surface area contributed by atoms with Crippen molar-refractivity contribution in [3.63, 3.8) is 0 Å². The van der Waals surface area contributed by atoms with Crippen molar-refractivity contribution in [1.82, 2.24) is 15.5 Å². The summed E-state index contributed by atoms with van der Waals surface area (Å²) >= 11 is 0. The van der Waals surface area contributed by atoms with Crippen LogP contribution in [0.15, 0.2) is 0 Å². The number of rotatable bonds is 10. The highest BCUT2D eigenvalue weighted by Crippen LogP contribution is 2.25. The van der Waals surface area contributed by atoms with E-state index in [1.54, 1.807) is 11.8 Å². The SMILES string of the molecule is CC(=O)NCCN(CC(=O)NCCC1CCCCC1)C(C)C(=O)O. The first-order valence-electron chi connectivity index (χ1n) is 8.88. The van der Waals surface area contributed by atoms with Crippen molar-refractivity contribution in [3.8, 4) is 0 Å². The lowest BCUT2D eigenvalue weighted by Gasteiger charge is -2.26. The molecule has 0 saturated heterocycles. The minimum Gasteiger partial charge on any atom is -0.480 e. The van der Waals surface area contributed by atoms with E-state index in [0.717, 1.165) is 6.42 Å². The second-order valence-electron chi connectivity index (χ2n) is 6.61. The Balaban J connectivity index is 2.35. The van der Waals surface area contributed by atoms with Crippen LogP contribution in [0.2, 0.25) is 0 Å². The summed E-state index contributed by atoms with van der Waals surface area (Å²) in [6, 6.07) is -0.775. The molecular formula is C17H31N3O4. The van der Waals surface area contributed by atoms with Crippen molar-refractivity contribution in [3.05, 3.63) is 0 Å². The number of nitrogens with zero attached hydrogens (tertiary/aromatic N) is 1. The molecule has 0 radical (unpaired) electrons. The topological polar surface area (TPSA) is 98.7 Å². The van der Waals surface area contributed by atoms with Gasteiger partial charge < -0.3 is 15.7 Å². The zero-order valence-electron chi connectivity index (χ0n) is 14.8. The molecule has 1 saturated carbocycles. The minimum absolute atomic E-state index is 0.0255. The van der Waals surface area contributed by atoms with E-state index in [1.165, 1.54) is 39.0 Å². The number of hydrogen-bond acceptors (Lipinski definition) is 4. The Hall–Kier alpha value is -1.63. The molecular weight excluding hydrogens is 310 g/mol. The van der Waals surface area contributed by atoms with Crippen LogP contribution in [-0.2, 0) is 14.4 Å². The molecule has 0 spiro atoms.